The van der Waals surface area contributed by atoms with Gasteiger partial charge in [0.25, 0.3) is 0 Å². The standard InChI is InChI=1S/C9H7BrOS2/c1-12-9-8(10)6-4-5(11)2-3-7(6)13-9/h2-4,11H,1H3. The number of hydrogen-bond donors (Lipinski definition) is 1. The van der Waals surface area contributed by atoms with Crippen molar-refractivity contribution in [3.05, 3.63) is 22.7 Å². The first-order valence-corrected chi connectivity index (χ1v) is 6.51. The molecule has 0 bridgehead atoms. The zero-order valence-corrected chi connectivity index (χ0v) is 10.1. The van der Waals surface area contributed by atoms with Crippen LogP contribution in [-0.2, 0) is 0 Å². The number of thioether (sulfide) groups is 1. The van der Waals surface area contributed by atoms with Gasteiger partial charge >= 0.3 is 0 Å². The monoisotopic (exact) mass is 274 g/mol. The highest BCUT2D eigenvalue weighted by molar-refractivity contribution is 9.10. The highest BCUT2D eigenvalue weighted by Gasteiger charge is 2.08. The van der Waals surface area contributed by atoms with Crippen LogP contribution in [-0.4, -0.2) is 11.4 Å². The minimum absolute atomic E-state index is 0.318. The number of thiophene rings is 1. The Morgan fingerprint density at radius 3 is 2.92 bits per heavy atom. The number of phenols is 1. The summed E-state index contributed by atoms with van der Waals surface area (Å²) < 4.78 is 3.55. The lowest BCUT2D eigenvalue weighted by Gasteiger charge is -1.92. The van der Waals surface area contributed by atoms with Gasteiger partial charge in [0.1, 0.15) is 5.75 Å². The smallest absolute Gasteiger partial charge is 0.116 e. The van der Waals surface area contributed by atoms with Crippen molar-refractivity contribution >= 4 is 49.1 Å². The van der Waals surface area contributed by atoms with Gasteiger partial charge < -0.3 is 5.11 Å². The summed E-state index contributed by atoms with van der Waals surface area (Å²) in [5, 5.41) is 10.4. The van der Waals surface area contributed by atoms with Crippen molar-refractivity contribution < 1.29 is 5.11 Å². The molecule has 0 unspecified atom stereocenters. The lowest BCUT2D eigenvalue weighted by Crippen LogP contribution is -1.65. The molecular weight excluding hydrogens is 268 g/mol. The second kappa shape index (κ2) is 3.52. The Kier molecular flexibility index (Phi) is 2.53. The maximum Gasteiger partial charge on any atom is 0.116 e. The molecule has 0 aliphatic rings. The van der Waals surface area contributed by atoms with Gasteiger partial charge in [-0.2, -0.15) is 0 Å². The van der Waals surface area contributed by atoms with Crippen molar-refractivity contribution in [3.63, 3.8) is 0 Å². The maximum absolute atomic E-state index is 9.31. The first-order valence-electron chi connectivity index (χ1n) is 3.67. The quantitative estimate of drug-likeness (QED) is 0.791. The molecular formula is C9H7BrOS2. The minimum atomic E-state index is 0.318. The van der Waals surface area contributed by atoms with Crippen LogP contribution >= 0.6 is 39.0 Å². The molecule has 0 radical (unpaired) electrons. The zero-order valence-electron chi connectivity index (χ0n) is 6.87. The number of aromatic hydroxyl groups is 1. The van der Waals surface area contributed by atoms with Gasteiger partial charge in [-0.25, -0.2) is 0 Å². The minimum Gasteiger partial charge on any atom is -0.508 e. The highest BCUT2D eigenvalue weighted by Crippen LogP contribution is 2.41. The lowest BCUT2D eigenvalue weighted by atomic mass is 10.2. The summed E-state index contributed by atoms with van der Waals surface area (Å²) in [6.07, 6.45) is 2.05. The average molecular weight is 275 g/mol. The van der Waals surface area contributed by atoms with E-state index in [1.54, 1.807) is 35.2 Å². The normalized spacial score (nSPS) is 10.9. The van der Waals surface area contributed by atoms with Crippen LogP contribution in [0.3, 0.4) is 0 Å². The Labute approximate surface area is 92.9 Å². The van der Waals surface area contributed by atoms with Gasteiger partial charge in [0.15, 0.2) is 0 Å². The van der Waals surface area contributed by atoms with Gasteiger partial charge in [0, 0.05) is 14.6 Å². The third-order valence-electron chi connectivity index (χ3n) is 1.77. The number of benzene rings is 1. The number of rotatable bonds is 1. The largest absolute Gasteiger partial charge is 0.508 e. The summed E-state index contributed by atoms with van der Waals surface area (Å²) in [6.45, 7) is 0. The van der Waals surface area contributed by atoms with Gasteiger partial charge in [-0.3, -0.25) is 0 Å². The van der Waals surface area contributed by atoms with Crippen LogP contribution in [0.25, 0.3) is 10.1 Å². The van der Waals surface area contributed by atoms with Crippen molar-refractivity contribution in [1.29, 1.82) is 0 Å². The van der Waals surface area contributed by atoms with Crippen molar-refractivity contribution in [1.82, 2.24) is 0 Å². The molecule has 0 fully saturated rings. The molecule has 0 aliphatic carbocycles. The Hall–Kier alpha value is -0.190. The fourth-order valence-electron chi connectivity index (χ4n) is 1.16. The molecule has 0 aliphatic heterocycles. The van der Waals surface area contributed by atoms with E-state index < -0.39 is 0 Å². The molecule has 1 N–H and O–H groups in total. The SMILES string of the molecule is CSc1sc2ccc(O)cc2c1Br. The Morgan fingerprint density at radius 1 is 1.46 bits per heavy atom. The van der Waals surface area contributed by atoms with Crippen LogP contribution in [0.15, 0.2) is 26.9 Å². The summed E-state index contributed by atoms with van der Waals surface area (Å²) >= 11 is 6.98. The average Bonchev–Trinajstić information content (AvgIpc) is 2.44. The molecule has 1 aromatic carbocycles. The highest BCUT2D eigenvalue weighted by atomic mass is 79.9. The lowest BCUT2D eigenvalue weighted by molar-refractivity contribution is 0.476. The Morgan fingerprint density at radius 2 is 2.23 bits per heavy atom. The van der Waals surface area contributed by atoms with E-state index in [9.17, 15) is 5.11 Å². The molecule has 0 atom stereocenters. The van der Waals surface area contributed by atoms with Crippen LogP contribution < -0.4 is 0 Å². The van der Waals surface area contributed by atoms with E-state index in [1.807, 2.05) is 6.07 Å². The summed E-state index contributed by atoms with van der Waals surface area (Å²) in [5.74, 6) is 0.318. The van der Waals surface area contributed by atoms with Crippen molar-refractivity contribution in [2.24, 2.45) is 0 Å². The van der Waals surface area contributed by atoms with Crippen molar-refractivity contribution in [2.75, 3.05) is 6.26 Å². The number of halogens is 1. The van der Waals surface area contributed by atoms with Gasteiger partial charge in [-0.1, -0.05) is 0 Å². The van der Waals surface area contributed by atoms with Crippen LogP contribution in [0.2, 0.25) is 0 Å². The molecule has 0 saturated heterocycles. The fourth-order valence-corrected chi connectivity index (χ4v) is 4.05. The molecule has 0 amide bonds. The molecule has 1 heterocycles. The van der Waals surface area contributed by atoms with Crippen LogP contribution in [0.4, 0.5) is 0 Å². The third-order valence-corrected chi connectivity index (χ3v) is 5.41. The second-order valence-electron chi connectivity index (χ2n) is 2.59. The maximum atomic E-state index is 9.31. The number of hydrogen-bond acceptors (Lipinski definition) is 3. The number of phenolic OH excluding ortho intramolecular Hbond substituents is 1. The molecule has 68 valence electrons. The van der Waals surface area contributed by atoms with E-state index in [0.29, 0.717) is 5.75 Å². The molecule has 0 saturated carbocycles. The van der Waals surface area contributed by atoms with Crippen LogP contribution in [0.1, 0.15) is 0 Å². The topological polar surface area (TPSA) is 20.2 Å². The zero-order chi connectivity index (χ0) is 9.42. The van der Waals surface area contributed by atoms with Gasteiger partial charge in [-0.05, 0) is 40.4 Å². The molecule has 2 aromatic rings. The predicted molar refractivity (Wildman–Crippen MR) is 63.0 cm³/mol. The van der Waals surface area contributed by atoms with E-state index in [-0.39, 0.29) is 0 Å². The van der Waals surface area contributed by atoms with E-state index in [4.69, 9.17) is 0 Å². The van der Waals surface area contributed by atoms with Crippen molar-refractivity contribution in [3.8, 4) is 5.75 Å². The molecule has 0 spiro atoms. The van der Waals surface area contributed by atoms with Gasteiger partial charge in [0.2, 0.25) is 0 Å². The second-order valence-corrected chi connectivity index (χ2v) is 5.51. The predicted octanol–water partition coefficient (Wildman–Crippen LogP) is 4.09. The van der Waals surface area contributed by atoms with Gasteiger partial charge in [0.05, 0.1) is 4.21 Å². The van der Waals surface area contributed by atoms with Gasteiger partial charge in [-0.15, -0.1) is 23.1 Å². The Balaban J connectivity index is 2.77. The van der Waals surface area contributed by atoms with E-state index in [1.165, 1.54) is 8.91 Å². The van der Waals surface area contributed by atoms with E-state index in [0.717, 1.165) is 9.86 Å². The summed E-state index contributed by atoms with van der Waals surface area (Å²) in [5.41, 5.74) is 0. The molecule has 1 aromatic heterocycles. The summed E-state index contributed by atoms with van der Waals surface area (Å²) in [6, 6.07) is 5.45. The van der Waals surface area contributed by atoms with E-state index in [2.05, 4.69) is 22.2 Å². The first kappa shape index (κ1) is 9.37. The fraction of sp³-hybridized carbons (Fsp3) is 0.111. The molecule has 13 heavy (non-hydrogen) atoms. The number of fused-ring (bicyclic) bond motifs is 1. The molecule has 2 rings (SSSR count). The van der Waals surface area contributed by atoms with Crippen LogP contribution in [0, 0.1) is 0 Å². The van der Waals surface area contributed by atoms with E-state index >= 15 is 0 Å². The van der Waals surface area contributed by atoms with Crippen LogP contribution in [0.5, 0.6) is 5.75 Å². The van der Waals surface area contributed by atoms with Crippen molar-refractivity contribution in [2.45, 2.75) is 4.21 Å². The molecule has 1 nitrogen and oxygen atoms in total. The summed E-state index contributed by atoms with van der Waals surface area (Å²) in [4.78, 5) is 0. The molecule has 4 heteroatoms. The third kappa shape index (κ3) is 1.58. The first-order chi connectivity index (χ1) is 6.22. The summed E-state index contributed by atoms with van der Waals surface area (Å²) in [7, 11) is 0. The Bertz CT molecular complexity index is 450.